The van der Waals surface area contributed by atoms with Gasteiger partial charge >= 0.3 is 0 Å². The van der Waals surface area contributed by atoms with Gasteiger partial charge in [0.25, 0.3) is 0 Å². The first-order valence-electron chi connectivity index (χ1n) is 7.16. The van der Waals surface area contributed by atoms with Crippen molar-refractivity contribution in [3.05, 3.63) is 23.9 Å². The molecule has 0 aromatic carbocycles. The molecule has 0 saturated carbocycles. The van der Waals surface area contributed by atoms with Crippen molar-refractivity contribution in [1.82, 2.24) is 4.98 Å². The van der Waals surface area contributed by atoms with Crippen molar-refractivity contribution in [3.63, 3.8) is 0 Å². The van der Waals surface area contributed by atoms with E-state index in [1.54, 1.807) is 6.20 Å². The minimum atomic E-state index is -0.383. The van der Waals surface area contributed by atoms with E-state index < -0.39 is 0 Å². The summed E-state index contributed by atoms with van der Waals surface area (Å²) in [6.45, 7) is 10.1. The van der Waals surface area contributed by atoms with Crippen molar-refractivity contribution in [2.24, 2.45) is 5.41 Å². The van der Waals surface area contributed by atoms with E-state index in [0.717, 1.165) is 25.1 Å². The first-order valence-corrected chi connectivity index (χ1v) is 7.16. The Hall–Kier alpha value is -1.38. The van der Waals surface area contributed by atoms with Crippen molar-refractivity contribution in [2.45, 2.75) is 59.9 Å². The molecule has 1 heterocycles. The van der Waals surface area contributed by atoms with Gasteiger partial charge in [-0.2, -0.15) is 0 Å². The number of pyridine rings is 1. The van der Waals surface area contributed by atoms with Crippen molar-refractivity contribution >= 4 is 11.6 Å². The van der Waals surface area contributed by atoms with Crippen molar-refractivity contribution in [1.29, 1.82) is 0 Å². The Kier molecular flexibility index (Phi) is 5.52. The number of anilines is 1. The van der Waals surface area contributed by atoms with Crippen LogP contribution in [0.5, 0.6) is 0 Å². The number of hydrogen-bond donors (Lipinski definition) is 1. The zero-order valence-corrected chi connectivity index (χ0v) is 12.8. The van der Waals surface area contributed by atoms with Crippen LogP contribution in [0, 0.1) is 5.41 Å². The van der Waals surface area contributed by atoms with Crippen LogP contribution in [-0.2, 0) is 0 Å². The lowest BCUT2D eigenvalue weighted by atomic mass is 9.86. The SMILES string of the molecule is CCCC(CC)Nc1ncccc1C(=O)C(C)(C)C. The Labute approximate surface area is 116 Å². The van der Waals surface area contributed by atoms with E-state index in [9.17, 15) is 4.79 Å². The number of aromatic nitrogens is 1. The van der Waals surface area contributed by atoms with E-state index in [0.29, 0.717) is 11.6 Å². The molecule has 0 bridgehead atoms. The van der Waals surface area contributed by atoms with Gasteiger partial charge in [-0.05, 0) is 25.0 Å². The number of hydrogen-bond acceptors (Lipinski definition) is 3. The highest BCUT2D eigenvalue weighted by atomic mass is 16.1. The van der Waals surface area contributed by atoms with Crippen LogP contribution in [0.1, 0.15) is 64.2 Å². The van der Waals surface area contributed by atoms with Gasteiger partial charge in [-0.15, -0.1) is 0 Å². The van der Waals surface area contributed by atoms with Gasteiger partial charge in [0.05, 0.1) is 5.56 Å². The number of rotatable bonds is 6. The topological polar surface area (TPSA) is 42.0 Å². The molecular weight excluding hydrogens is 236 g/mol. The van der Waals surface area contributed by atoms with Gasteiger partial charge in [0.1, 0.15) is 5.82 Å². The summed E-state index contributed by atoms with van der Waals surface area (Å²) in [6.07, 6.45) is 4.99. The average molecular weight is 262 g/mol. The molecule has 3 nitrogen and oxygen atoms in total. The van der Waals surface area contributed by atoms with Gasteiger partial charge in [0.15, 0.2) is 5.78 Å². The summed E-state index contributed by atoms with van der Waals surface area (Å²) in [5.74, 6) is 0.858. The van der Waals surface area contributed by atoms with Crippen LogP contribution in [0.3, 0.4) is 0 Å². The molecular formula is C16H26N2O. The van der Waals surface area contributed by atoms with E-state index in [1.807, 2.05) is 32.9 Å². The van der Waals surface area contributed by atoms with Crippen LogP contribution < -0.4 is 5.32 Å². The normalized spacial score (nSPS) is 13.1. The average Bonchev–Trinajstić information content (AvgIpc) is 2.37. The fourth-order valence-corrected chi connectivity index (χ4v) is 2.03. The maximum absolute atomic E-state index is 12.4. The van der Waals surface area contributed by atoms with Gasteiger partial charge < -0.3 is 5.32 Å². The molecule has 0 spiro atoms. The highest BCUT2D eigenvalue weighted by molar-refractivity contribution is 6.03. The Morgan fingerprint density at radius 3 is 2.58 bits per heavy atom. The lowest BCUT2D eigenvalue weighted by Crippen LogP contribution is -2.25. The third-order valence-corrected chi connectivity index (χ3v) is 3.20. The molecule has 19 heavy (non-hydrogen) atoms. The van der Waals surface area contributed by atoms with Crippen LogP contribution in [0.4, 0.5) is 5.82 Å². The van der Waals surface area contributed by atoms with Crippen molar-refractivity contribution in [3.8, 4) is 0 Å². The standard InChI is InChI=1S/C16H26N2O/c1-6-9-12(7-2)18-15-13(10-8-11-17-15)14(19)16(3,4)5/h8,10-12H,6-7,9H2,1-5H3,(H,17,18). The smallest absolute Gasteiger partial charge is 0.171 e. The van der Waals surface area contributed by atoms with Crippen LogP contribution in [0.15, 0.2) is 18.3 Å². The molecule has 1 aromatic heterocycles. The predicted octanol–water partition coefficient (Wildman–Crippen LogP) is 4.30. The third kappa shape index (κ3) is 4.34. The summed E-state index contributed by atoms with van der Waals surface area (Å²) >= 11 is 0. The van der Waals surface area contributed by atoms with Gasteiger partial charge in [-0.1, -0.05) is 41.0 Å². The monoisotopic (exact) mass is 262 g/mol. The van der Waals surface area contributed by atoms with Gasteiger partial charge in [0, 0.05) is 17.7 Å². The van der Waals surface area contributed by atoms with Crippen LogP contribution in [0.2, 0.25) is 0 Å². The zero-order valence-electron chi connectivity index (χ0n) is 12.8. The lowest BCUT2D eigenvalue weighted by Gasteiger charge is -2.22. The van der Waals surface area contributed by atoms with E-state index in [4.69, 9.17) is 0 Å². The lowest BCUT2D eigenvalue weighted by molar-refractivity contribution is 0.0859. The third-order valence-electron chi connectivity index (χ3n) is 3.20. The Bertz CT molecular complexity index is 421. The highest BCUT2D eigenvalue weighted by Crippen LogP contribution is 2.25. The molecule has 1 atom stereocenters. The molecule has 1 N–H and O–H groups in total. The second kappa shape index (κ2) is 6.69. The van der Waals surface area contributed by atoms with Crippen molar-refractivity contribution in [2.75, 3.05) is 5.32 Å². The van der Waals surface area contributed by atoms with E-state index in [1.165, 1.54) is 0 Å². The zero-order chi connectivity index (χ0) is 14.5. The number of nitrogens with one attached hydrogen (secondary N) is 1. The molecule has 1 unspecified atom stereocenters. The summed E-state index contributed by atoms with van der Waals surface area (Å²) in [6, 6.07) is 4.07. The predicted molar refractivity (Wildman–Crippen MR) is 80.6 cm³/mol. The molecule has 0 amide bonds. The molecule has 0 fully saturated rings. The molecule has 0 radical (unpaired) electrons. The summed E-state index contributed by atoms with van der Waals surface area (Å²) < 4.78 is 0. The summed E-state index contributed by atoms with van der Waals surface area (Å²) in [4.78, 5) is 16.8. The Balaban J connectivity index is 2.99. The molecule has 0 aliphatic heterocycles. The van der Waals surface area contributed by atoms with E-state index in [2.05, 4.69) is 24.1 Å². The largest absolute Gasteiger partial charge is 0.367 e. The van der Waals surface area contributed by atoms with Crippen molar-refractivity contribution < 1.29 is 4.79 Å². The molecule has 0 saturated heterocycles. The first kappa shape index (κ1) is 15.7. The van der Waals surface area contributed by atoms with Gasteiger partial charge in [-0.3, -0.25) is 4.79 Å². The fourth-order valence-electron chi connectivity index (χ4n) is 2.03. The summed E-state index contributed by atoms with van der Waals surface area (Å²) in [7, 11) is 0. The molecule has 3 heteroatoms. The van der Waals surface area contributed by atoms with E-state index in [-0.39, 0.29) is 11.2 Å². The van der Waals surface area contributed by atoms with Gasteiger partial charge in [0.2, 0.25) is 0 Å². The highest BCUT2D eigenvalue weighted by Gasteiger charge is 2.26. The molecule has 106 valence electrons. The summed E-state index contributed by atoms with van der Waals surface area (Å²) in [5.41, 5.74) is 0.316. The number of ketones is 1. The molecule has 0 aliphatic rings. The number of carbonyl (C=O) groups is 1. The fraction of sp³-hybridized carbons (Fsp3) is 0.625. The van der Waals surface area contributed by atoms with Crippen LogP contribution in [0.25, 0.3) is 0 Å². The van der Waals surface area contributed by atoms with Crippen LogP contribution >= 0.6 is 0 Å². The maximum atomic E-state index is 12.4. The maximum Gasteiger partial charge on any atom is 0.171 e. The number of carbonyl (C=O) groups excluding carboxylic acids is 1. The van der Waals surface area contributed by atoms with Gasteiger partial charge in [-0.25, -0.2) is 4.98 Å². The Morgan fingerprint density at radius 2 is 2.05 bits per heavy atom. The number of Topliss-reactive ketones (excluding diaryl/α,β-unsaturated/α-hetero) is 1. The Morgan fingerprint density at radius 1 is 1.37 bits per heavy atom. The summed E-state index contributed by atoms with van der Waals surface area (Å²) in [5, 5.41) is 3.42. The van der Waals surface area contributed by atoms with Crippen LogP contribution in [-0.4, -0.2) is 16.8 Å². The molecule has 1 rings (SSSR count). The molecule has 1 aromatic rings. The second-order valence-corrected chi connectivity index (χ2v) is 6.02. The second-order valence-electron chi connectivity index (χ2n) is 6.02. The first-order chi connectivity index (χ1) is 8.90. The van der Waals surface area contributed by atoms with E-state index >= 15 is 0 Å². The minimum Gasteiger partial charge on any atom is -0.367 e. The molecule has 0 aliphatic carbocycles. The quantitative estimate of drug-likeness (QED) is 0.777. The number of nitrogens with zero attached hydrogens (tertiary/aromatic N) is 1. The minimum absolute atomic E-state index is 0.134.